The largest absolute Gasteiger partial charge is 0.503 e. The van der Waals surface area contributed by atoms with Crippen LogP contribution in [0.15, 0.2) is 31.3 Å². The van der Waals surface area contributed by atoms with E-state index in [1.54, 1.807) is 23.7 Å². The van der Waals surface area contributed by atoms with Gasteiger partial charge < -0.3 is 14.4 Å². The van der Waals surface area contributed by atoms with Gasteiger partial charge in [-0.3, -0.25) is 14.3 Å². The van der Waals surface area contributed by atoms with Crippen LogP contribution in [0.3, 0.4) is 0 Å². The monoisotopic (exact) mass is 464 g/mol. The van der Waals surface area contributed by atoms with Crippen LogP contribution in [0.5, 0.6) is 11.5 Å². The Morgan fingerprint density at radius 3 is 2.86 bits per heavy atom. The van der Waals surface area contributed by atoms with Gasteiger partial charge in [-0.05, 0) is 40.0 Å². The predicted molar refractivity (Wildman–Crippen MR) is 114 cm³/mol. The topological polar surface area (TPSA) is 127 Å². The quantitative estimate of drug-likeness (QED) is 0.363. The average molecular weight is 465 g/mol. The summed E-state index contributed by atoms with van der Waals surface area (Å²) in [5.41, 5.74) is 3.08. The first-order valence-corrected chi connectivity index (χ1v) is 9.71. The van der Waals surface area contributed by atoms with E-state index in [9.17, 15) is 14.7 Å². The SMILES string of the molecule is CCCCn1c(N/N=C/c2cc(Br)c(O)c(OC)c2)nc2c1c(=O)[nH]c(=O)n2C. The van der Waals surface area contributed by atoms with Crippen molar-refractivity contribution < 1.29 is 9.84 Å². The fourth-order valence-corrected chi connectivity index (χ4v) is 3.30. The molecule has 0 saturated carbocycles. The number of benzene rings is 1. The number of fused-ring (bicyclic) bond motifs is 1. The van der Waals surface area contributed by atoms with Gasteiger partial charge in [-0.1, -0.05) is 13.3 Å². The molecule has 154 valence electrons. The van der Waals surface area contributed by atoms with E-state index in [1.165, 1.54) is 17.9 Å². The lowest BCUT2D eigenvalue weighted by Gasteiger charge is -2.08. The van der Waals surface area contributed by atoms with E-state index in [4.69, 9.17) is 4.74 Å². The van der Waals surface area contributed by atoms with E-state index in [2.05, 4.69) is 36.4 Å². The van der Waals surface area contributed by atoms with Gasteiger partial charge in [0, 0.05) is 13.6 Å². The molecule has 0 radical (unpaired) electrons. The number of nitrogens with one attached hydrogen (secondary N) is 2. The summed E-state index contributed by atoms with van der Waals surface area (Å²) in [7, 11) is 3.00. The molecule has 0 saturated heterocycles. The molecule has 1 aromatic carbocycles. The Bertz CT molecular complexity index is 1190. The molecule has 3 aromatic rings. The van der Waals surface area contributed by atoms with Crippen molar-refractivity contribution in [2.24, 2.45) is 12.1 Å². The predicted octanol–water partition coefficient (Wildman–Crippen LogP) is 2.15. The molecular weight excluding hydrogens is 444 g/mol. The van der Waals surface area contributed by atoms with Crippen LogP contribution in [-0.4, -0.2) is 37.5 Å². The summed E-state index contributed by atoms with van der Waals surface area (Å²) in [6, 6.07) is 3.30. The van der Waals surface area contributed by atoms with Gasteiger partial charge in [-0.2, -0.15) is 10.1 Å². The van der Waals surface area contributed by atoms with Crippen LogP contribution in [0.1, 0.15) is 25.3 Å². The molecule has 11 heteroatoms. The zero-order valence-corrected chi connectivity index (χ0v) is 17.8. The molecule has 0 aliphatic carbocycles. The summed E-state index contributed by atoms with van der Waals surface area (Å²) in [6.07, 6.45) is 3.28. The van der Waals surface area contributed by atoms with Gasteiger partial charge >= 0.3 is 5.69 Å². The number of hydrogen-bond acceptors (Lipinski definition) is 7. The van der Waals surface area contributed by atoms with Gasteiger partial charge in [-0.25, -0.2) is 10.2 Å². The van der Waals surface area contributed by atoms with Gasteiger partial charge in [0.2, 0.25) is 5.95 Å². The number of halogens is 1. The molecular formula is C18H21BrN6O4. The Labute approximate surface area is 174 Å². The molecule has 0 bridgehead atoms. The standard InChI is InChI=1S/C18H21BrN6O4/c1-4-5-6-25-13-15(24(2)18(28)22-16(13)27)21-17(25)23-20-9-10-7-11(19)14(26)12(8-10)29-3/h7-9,26H,4-6H2,1-3H3,(H,21,23)(H,22,27,28)/b20-9+. The fraction of sp³-hybridized carbons (Fsp3) is 0.333. The van der Waals surface area contributed by atoms with E-state index in [0.717, 1.165) is 12.8 Å². The van der Waals surface area contributed by atoms with Gasteiger partial charge in [0.05, 0.1) is 17.8 Å². The highest BCUT2D eigenvalue weighted by atomic mass is 79.9. The van der Waals surface area contributed by atoms with Crippen molar-refractivity contribution in [1.29, 1.82) is 0 Å². The van der Waals surface area contributed by atoms with Crippen molar-refractivity contribution in [2.75, 3.05) is 12.5 Å². The minimum Gasteiger partial charge on any atom is -0.503 e. The van der Waals surface area contributed by atoms with Crippen molar-refractivity contribution >= 4 is 39.3 Å². The van der Waals surface area contributed by atoms with Crippen molar-refractivity contribution in [3.05, 3.63) is 43.0 Å². The molecule has 29 heavy (non-hydrogen) atoms. The van der Waals surface area contributed by atoms with Crippen molar-refractivity contribution in [2.45, 2.75) is 26.3 Å². The number of rotatable bonds is 7. The number of hydrazone groups is 1. The van der Waals surface area contributed by atoms with Gasteiger partial charge in [-0.15, -0.1) is 0 Å². The van der Waals surface area contributed by atoms with Crippen LogP contribution in [0.4, 0.5) is 5.95 Å². The normalized spacial score (nSPS) is 11.4. The zero-order chi connectivity index (χ0) is 21.1. The Balaban J connectivity index is 2.00. The Kier molecular flexibility index (Phi) is 6.06. The highest BCUT2D eigenvalue weighted by molar-refractivity contribution is 9.10. The molecule has 0 fully saturated rings. The number of hydrogen-bond donors (Lipinski definition) is 3. The smallest absolute Gasteiger partial charge is 0.329 e. The van der Waals surface area contributed by atoms with Crippen LogP contribution < -0.4 is 21.4 Å². The first-order valence-electron chi connectivity index (χ1n) is 8.92. The number of phenolic OH excluding ortho intramolecular Hbond substituents is 1. The van der Waals surface area contributed by atoms with E-state index >= 15 is 0 Å². The van der Waals surface area contributed by atoms with Crippen LogP contribution in [0, 0.1) is 0 Å². The number of aryl methyl sites for hydroxylation is 2. The number of ether oxygens (including phenoxy) is 1. The van der Waals surface area contributed by atoms with Gasteiger partial charge in [0.15, 0.2) is 22.7 Å². The number of methoxy groups -OCH3 is 1. The number of unbranched alkanes of at least 4 members (excludes halogenated alkanes) is 1. The number of phenols is 1. The Morgan fingerprint density at radius 1 is 1.41 bits per heavy atom. The summed E-state index contributed by atoms with van der Waals surface area (Å²) in [6.45, 7) is 2.59. The summed E-state index contributed by atoms with van der Waals surface area (Å²) >= 11 is 3.26. The third-order valence-electron chi connectivity index (χ3n) is 4.39. The molecule has 3 rings (SSSR count). The Morgan fingerprint density at radius 2 is 2.17 bits per heavy atom. The maximum Gasteiger partial charge on any atom is 0.329 e. The second-order valence-electron chi connectivity index (χ2n) is 6.35. The number of aromatic hydroxyl groups is 1. The number of aromatic nitrogens is 4. The van der Waals surface area contributed by atoms with E-state index in [1.807, 2.05) is 6.92 Å². The third-order valence-corrected chi connectivity index (χ3v) is 5.00. The maximum atomic E-state index is 12.3. The first-order chi connectivity index (χ1) is 13.9. The molecule has 0 atom stereocenters. The lowest BCUT2D eigenvalue weighted by Crippen LogP contribution is -2.29. The lowest BCUT2D eigenvalue weighted by molar-refractivity contribution is 0.372. The number of imidazole rings is 1. The van der Waals surface area contributed by atoms with Crippen molar-refractivity contribution in [1.82, 2.24) is 19.1 Å². The van der Waals surface area contributed by atoms with Gasteiger partial charge in [0.1, 0.15) is 0 Å². The highest BCUT2D eigenvalue weighted by Gasteiger charge is 2.16. The summed E-state index contributed by atoms with van der Waals surface area (Å²) in [4.78, 5) is 30.9. The number of aromatic amines is 1. The van der Waals surface area contributed by atoms with E-state index < -0.39 is 11.2 Å². The van der Waals surface area contributed by atoms with E-state index in [0.29, 0.717) is 33.8 Å². The molecule has 0 aliphatic rings. The first kappa shape index (κ1) is 20.6. The molecule has 0 amide bonds. The highest BCUT2D eigenvalue weighted by Crippen LogP contribution is 2.34. The second kappa shape index (κ2) is 8.52. The zero-order valence-electron chi connectivity index (χ0n) is 16.2. The molecule has 10 nitrogen and oxygen atoms in total. The fourth-order valence-electron chi connectivity index (χ4n) is 2.84. The minimum atomic E-state index is -0.529. The average Bonchev–Trinajstić information content (AvgIpc) is 3.06. The lowest BCUT2D eigenvalue weighted by atomic mass is 10.2. The summed E-state index contributed by atoms with van der Waals surface area (Å²) < 4.78 is 8.59. The molecule has 0 spiro atoms. The minimum absolute atomic E-state index is 0.000824. The molecule has 2 aromatic heterocycles. The molecule has 2 heterocycles. The van der Waals surface area contributed by atoms with Crippen LogP contribution in [0.2, 0.25) is 0 Å². The molecule has 0 unspecified atom stereocenters. The van der Waals surface area contributed by atoms with Crippen LogP contribution in [0.25, 0.3) is 11.2 Å². The maximum absolute atomic E-state index is 12.3. The van der Waals surface area contributed by atoms with E-state index in [-0.39, 0.29) is 11.4 Å². The number of nitrogens with zero attached hydrogens (tertiary/aromatic N) is 4. The third kappa shape index (κ3) is 4.04. The summed E-state index contributed by atoms with van der Waals surface area (Å²) in [5.74, 6) is 0.651. The van der Waals surface area contributed by atoms with Crippen molar-refractivity contribution in [3.63, 3.8) is 0 Å². The number of H-pyrrole nitrogens is 1. The van der Waals surface area contributed by atoms with Gasteiger partial charge in [0.25, 0.3) is 5.56 Å². The van der Waals surface area contributed by atoms with Crippen molar-refractivity contribution in [3.8, 4) is 11.5 Å². The second-order valence-corrected chi connectivity index (χ2v) is 7.21. The van der Waals surface area contributed by atoms with Crippen LogP contribution >= 0.6 is 15.9 Å². The summed E-state index contributed by atoms with van der Waals surface area (Å²) in [5, 5.41) is 14.1. The molecule has 3 N–H and O–H groups in total. The van der Waals surface area contributed by atoms with Crippen LogP contribution in [-0.2, 0) is 13.6 Å². The molecule has 0 aliphatic heterocycles. The Hall–Kier alpha value is -3.08. The number of anilines is 1.